The third-order valence-corrected chi connectivity index (χ3v) is 4.44. The van der Waals surface area contributed by atoms with Gasteiger partial charge in [0, 0.05) is 17.4 Å². The third kappa shape index (κ3) is 3.74. The molecular weight excluding hydrogens is 344 g/mol. The summed E-state index contributed by atoms with van der Waals surface area (Å²) in [4.78, 5) is 28.7. The number of aromatic nitrogens is 1. The highest BCUT2D eigenvalue weighted by molar-refractivity contribution is 5.92. The van der Waals surface area contributed by atoms with Gasteiger partial charge < -0.3 is 14.8 Å². The highest BCUT2D eigenvalue weighted by atomic mass is 16.5. The molecule has 0 saturated heterocycles. The third-order valence-electron chi connectivity index (χ3n) is 4.44. The van der Waals surface area contributed by atoms with Crippen LogP contribution in [0.15, 0.2) is 60.7 Å². The Balaban J connectivity index is 1.37. The van der Waals surface area contributed by atoms with Crippen LogP contribution in [0.2, 0.25) is 0 Å². The number of pyridine rings is 1. The van der Waals surface area contributed by atoms with E-state index in [1.807, 2.05) is 48.5 Å². The van der Waals surface area contributed by atoms with Crippen molar-refractivity contribution in [3.63, 3.8) is 0 Å². The van der Waals surface area contributed by atoms with Gasteiger partial charge in [-0.1, -0.05) is 42.5 Å². The lowest BCUT2D eigenvalue weighted by atomic mass is 10.0. The molecule has 0 aliphatic carbocycles. The first-order chi connectivity index (χ1) is 13.2. The van der Waals surface area contributed by atoms with Crippen LogP contribution in [-0.2, 0) is 9.53 Å². The molecule has 2 heterocycles. The van der Waals surface area contributed by atoms with Gasteiger partial charge in [-0.05, 0) is 18.2 Å². The molecule has 0 spiro atoms. The standard InChI is InChI=1S/C21H18N2O4/c24-20(23-17-11-12-26-19-8-4-2-6-15(17)19)13-27-21(25)18-10-9-14-5-1-3-7-16(14)22-18/h1-10,17H,11-13H2,(H,23,24)/t17-/m0/s1. The maximum atomic E-state index is 12.2. The van der Waals surface area contributed by atoms with Gasteiger partial charge in [0.2, 0.25) is 0 Å². The molecule has 1 aliphatic rings. The molecule has 0 fully saturated rings. The highest BCUT2D eigenvalue weighted by Gasteiger charge is 2.23. The minimum absolute atomic E-state index is 0.153. The second-order valence-corrected chi connectivity index (χ2v) is 6.26. The molecule has 0 saturated carbocycles. The smallest absolute Gasteiger partial charge is 0.357 e. The summed E-state index contributed by atoms with van der Waals surface area (Å²) in [5.74, 6) is -0.208. The van der Waals surface area contributed by atoms with Gasteiger partial charge >= 0.3 is 5.97 Å². The number of ether oxygens (including phenoxy) is 2. The Bertz CT molecular complexity index is 1000. The van der Waals surface area contributed by atoms with Gasteiger partial charge in [0.15, 0.2) is 6.61 Å². The molecule has 0 bridgehead atoms. The van der Waals surface area contributed by atoms with E-state index in [0.29, 0.717) is 18.5 Å². The number of nitrogens with zero attached hydrogens (tertiary/aromatic N) is 1. The fourth-order valence-electron chi connectivity index (χ4n) is 3.11. The van der Waals surface area contributed by atoms with Crippen LogP contribution in [0.3, 0.4) is 0 Å². The van der Waals surface area contributed by atoms with Gasteiger partial charge in [0.1, 0.15) is 11.4 Å². The van der Waals surface area contributed by atoms with Crippen molar-refractivity contribution < 1.29 is 19.1 Å². The molecule has 1 amide bonds. The predicted octanol–water partition coefficient (Wildman–Crippen LogP) is 3.03. The first-order valence-corrected chi connectivity index (χ1v) is 8.75. The summed E-state index contributed by atoms with van der Waals surface area (Å²) in [5.41, 5.74) is 1.81. The SMILES string of the molecule is O=C(COC(=O)c1ccc2ccccc2n1)N[C@H]1CCOc2ccccc21. The molecule has 136 valence electrons. The van der Waals surface area contributed by atoms with Crippen molar-refractivity contribution >= 4 is 22.8 Å². The number of fused-ring (bicyclic) bond motifs is 2. The maximum absolute atomic E-state index is 12.2. The van der Waals surface area contributed by atoms with Crippen molar-refractivity contribution in [3.05, 3.63) is 71.9 Å². The Hall–Kier alpha value is -3.41. The second-order valence-electron chi connectivity index (χ2n) is 6.26. The Kier molecular flexibility index (Phi) is 4.70. The van der Waals surface area contributed by atoms with E-state index in [-0.39, 0.29) is 24.2 Å². The summed E-state index contributed by atoms with van der Waals surface area (Å²) in [6, 6.07) is 18.3. The number of hydrogen-bond acceptors (Lipinski definition) is 5. The van der Waals surface area contributed by atoms with E-state index < -0.39 is 5.97 Å². The summed E-state index contributed by atoms with van der Waals surface area (Å²) in [7, 11) is 0. The zero-order valence-corrected chi connectivity index (χ0v) is 14.6. The average molecular weight is 362 g/mol. The molecule has 1 atom stereocenters. The first-order valence-electron chi connectivity index (χ1n) is 8.75. The maximum Gasteiger partial charge on any atom is 0.357 e. The van der Waals surface area contributed by atoms with Gasteiger partial charge in [-0.25, -0.2) is 9.78 Å². The van der Waals surface area contributed by atoms with Crippen molar-refractivity contribution in [1.29, 1.82) is 0 Å². The van der Waals surface area contributed by atoms with Gasteiger partial charge in [-0.15, -0.1) is 0 Å². The van der Waals surface area contributed by atoms with E-state index in [4.69, 9.17) is 9.47 Å². The number of hydrogen-bond donors (Lipinski definition) is 1. The van der Waals surface area contributed by atoms with Crippen LogP contribution in [0.1, 0.15) is 28.5 Å². The average Bonchev–Trinajstić information content (AvgIpc) is 2.72. The summed E-state index contributed by atoms with van der Waals surface area (Å²) in [6.07, 6.45) is 0.670. The largest absolute Gasteiger partial charge is 0.493 e. The quantitative estimate of drug-likeness (QED) is 0.722. The van der Waals surface area contributed by atoms with E-state index in [1.165, 1.54) is 0 Å². The lowest BCUT2D eigenvalue weighted by Crippen LogP contribution is -2.35. The van der Waals surface area contributed by atoms with Crippen LogP contribution in [-0.4, -0.2) is 30.1 Å². The summed E-state index contributed by atoms with van der Waals surface area (Å²) in [5, 5.41) is 3.83. The number of amides is 1. The van der Waals surface area contributed by atoms with E-state index in [1.54, 1.807) is 12.1 Å². The van der Waals surface area contributed by atoms with E-state index in [2.05, 4.69) is 10.3 Å². The molecule has 3 aromatic rings. The minimum atomic E-state index is -0.622. The summed E-state index contributed by atoms with van der Waals surface area (Å²) in [6.45, 7) is 0.176. The fourth-order valence-corrected chi connectivity index (χ4v) is 3.11. The molecule has 4 rings (SSSR count). The first kappa shape index (κ1) is 17.0. The fraction of sp³-hybridized carbons (Fsp3) is 0.190. The second kappa shape index (κ2) is 7.45. The van der Waals surface area contributed by atoms with Gasteiger partial charge in [0.25, 0.3) is 5.91 Å². The molecule has 27 heavy (non-hydrogen) atoms. The number of esters is 1. The number of carbonyl (C=O) groups is 2. The van der Waals surface area contributed by atoms with Crippen LogP contribution in [0.25, 0.3) is 10.9 Å². The topological polar surface area (TPSA) is 77.5 Å². The number of carbonyl (C=O) groups excluding carboxylic acids is 2. The molecule has 6 heteroatoms. The molecule has 1 aliphatic heterocycles. The van der Waals surface area contributed by atoms with Gasteiger partial charge in [-0.3, -0.25) is 4.79 Å². The molecule has 1 aromatic heterocycles. The van der Waals surface area contributed by atoms with Crippen molar-refractivity contribution in [3.8, 4) is 5.75 Å². The zero-order chi connectivity index (χ0) is 18.6. The Labute approximate surface area is 156 Å². The van der Waals surface area contributed by atoms with Crippen LogP contribution in [0.5, 0.6) is 5.75 Å². The van der Waals surface area contributed by atoms with Crippen molar-refractivity contribution in [2.24, 2.45) is 0 Å². The van der Waals surface area contributed by atoms with Crippen molar-refractivity contribution in [2.45, 2.75) is 12.5 Å². The molecule has 0 unspecified atom stereocenters. The lowest BCUT2D eigenvalue weighted by Gasteiger charge is -2.26. The zero-order valence-electron chi connectivity index (χ0n) is 14.6. The lowest BCUT2D eigenvalue weighted by molar-refractivity contribution is -0.125. The normalized spacial score (nSPS) is 15.5. The van der Waals surface area contributed by atoms with E-state index in [9.17, 15) is 9.59 Å². The Morgan fingerprint density at radius 2 is 1.89 bits per heavy atom. The number of benzene rings is 2. The van der Waals surface area contributed by atoms with E-state index in [0.717, 1.165) is 16.7 Å². The number of nitrogens with one attached hydrogen (secondary N) is 1. The summed E-state index contributed by atoms with van der Waals surface area (Å²) >= 11 is 0. The van der Waals surface area contributed by atoms with E-state index >= 15 is 0 Å². The van der Waals surface area contributed by atoms with Crippen LogP contribution < -0.4 is 10.1 Å². The number of para-hydroxylation sites is 2. The van der Waals surface area contributed by atoms with Crippen LogP contribution >= 0.6 is 0 Å². The monoisotopic (exact) mass is 362 g/mol. The van der Waals surface area contributed by atoms with Crippen molar-refractivity contribution in [2.75, 3.05) is 13.2 Å². The molecule has 1 N–H and O–H groups in total. The predicted molar refractivity (Wildman–Crippen MR) is 99.5 cm³/mol. The minimum Gasteiger partial charge on any atom is -0.493 e. The van der Waals surface area contributed by atoms with Gasteiger partial charge in [0.05, 0.1) is 18.2 Å². The van der Waals surface area contributed by atoms with Crippen LogP contribution in [0, 0.1) is 0 Å². The molecule has 2 aromatic carbocycles. The Morgan fingerprint density at radius 3 is 2.81 bits per heavy atom. The highest BCUT2D eigenvalue weighted by Crippen LogP contribution is 2.31. The summed E-state index contributed by atoms with van der Waals surface area (Å²) < 4.78 is 10.7. The van der Waals surface area contributed by atoms with Crippen LogP contribution in [0.4, 0.5) is 0 Å². The van der Waals surface area contributed by atoms with Crippen molar-refractivity contribution in [1.82, 2.24) is 10.3 Å². The molecule has 6 nitrogen and oxygen atoms in total. The molecule has 0 radical (unpaired) electrons. The number of rotatable bonds is 4. The van der Waals surface area contributed by atoms with Gasteiger partial charge in [-0.2, -0.15) is 0 Å². The Morgan fingerprint density at radius 1 is 1.07 bits per heavy atom. The molecular formula is C21H18N2O4.